The van der Waals surface area contributed by atoms with Gasteiger partial charge in [-0.15, -0.1) is 0 Å². The molecule has 1 aliphatic heterocycles. The Morgan fingerprint density at radius 2 is 2.33 bits per heavy atom. The number of rotatable bonds is 2. The lowest BCUT2D eigenvalue weighted by molar-refractivity contribution is -0.238. The van der Waals surface area contributed by atoms with Gasteiger partial charge in [-0.3, -0.25) is 9.63 Å². The first kappa shape index (κ1) is 9.48. The summed E-state index contributed by atoms with van der Waals surface area (Å²) in [5.41, 5.74) is 0. The topological polar surface area (TPSA) is 38.8 Å². The van der Waals surface area contributed by atoms with Crippen LogP contribution in [0.1, 0.15) is 27.2 Å². The number of nitrogens with zero attached hydrogens (tertiary/aromatic N) is 1. The summed E-state index contributed by atoms with van der Waals surface area (Å²) in [6.45, 7) is 6.29. The van der Waals surface area contributed by atoms with Crippen molar-refractivity contribution in [3.63, 3.8) is 0 Å². The molecular formula is C8H15NO3. The average Bonchev–Trinajstić information content (AvgIpc) is 2.34. The summed E-state index contributed by atoms with van der Waals surface area (Å²) >= 11 is 0. The van der Waals surface area contributed by atoms with Crippen molar-refractivity contribution < 1.29 is 14.4 Å². The molecule has 1 heterocycles. The number of carbonyl (C=O) groups excluding carboxylic acids is 1. The van der Waals surface area contributed by atoms with Crippen molar-refractivity contribution in [2.75, 3.05) is 6.54 Å². The molecule has 4 nitrogen and oxygen atoms in total. The van der Waals surface area contributed by atoms with Gasteiger partial charge in [-0.2, -0.15) is 5.06 Å². The SMILES string of the molecule is CC(=O)OC1CCN(C(C)C)O1. The van der Waals surface area contributed by atoms with E-state index >= 15 is 0 Å². The Bertz CT molecular complexity index is 170. The highest BCUT2D eigenvalue weighted by Gasteiger charge is 2.27. The van der Waals surface area contributed by atoms with Crippen LogP contribution in [0.2, 0.25) is 0 Å². The van der Waals surface area contributed by atoms with E-state index in [1.54, 1.807) is 0 Å². The van der Waals surface area contributed by atoms with Crippen LogP contribution in [0.3, 0.4) is 0 Å². The van der Waals surface area contributed by atoms with Crippen molar-refractivity contribution in [2.45, 2.75) is 39.5 Å². The number of hydrogen-bond donors (Lipinski definition) is 0. The van der Waals surface area contributed by atoms with Crippen LogP contribution in [-0.2, 0) is 14.4 Å². The molecule has 4 heteroatoms. The van der Waals surface area contributed by atoms with E-state index in [-0.39, 0.29) is 12.3 Å². The molecule has 70 valence electrons. The molecule has 0 bridgehead atoms. The van der Waals surface area contributed by atoms with E-state index in [1.165, 1.54) is 6.92 Å². The zero-order valence-electron chi connectivity index (χ0n) is 7.74. The van der Waals surface area contributed by atoms with Gasteiger partial charge >= 0.3 is 5.97 Å². The molecule has 0 saturated carbocycles. The van der Waals surface area contributed by atoms with Crippen LogP contribution in [0.15, 0.2) is 0 Å². The Balaban J connectivity index is 2.30. The van der Waals surface area contributed by atoms with Gasteiger partial charge in [-0.1, -0.05) is 0 Å². The monoisotopic (exact) mass is 173 g/mol. The maximum absolute atomic E-state index is 10.6. The average molecular weight is 173 g/mol. The minimum absolute atomic E-state index is 0.286. The fourth-order valence-corrected chi connectivity index (χ4v) is 1.13. The minimum atomic E-state index is -0.370. The summed E-state index contributed by atoms with van der Waals surface area (Å²) in [6, 6.07) is 0.338. The predicted octanol–water partition coefficient (Wildman–Crippen LogP) is 0.921. The van der Waals surface area contributed by atoms with Gasteiger partial charge in [0.2, 0.25) is 6.29 Å². The first-order chi connectivity index (χ1) is 5.59. The first-order valence-corrected chi connectivity index (χ1v) is 4.20. The molecule has 12 heavy (non-hydrogen) atoms. The van der Waals surface area contributed by atoms with Crippen molar-refractivity contribution in [1.82, 2.24) is 5.06 Å². The van der Waals surface area contributed by atoms with Gasteiger partial charge in [0.15, 0.2) is 0 Å². The summed E-state index contributed by atoms with van der Waals surface area (Å²) < 4.78 is 4.89. The Labute approximate surface area is 72.4 Å². The zero-order chi connectivity index (χ0) is 9.14. The Kier molecular flexibility index (Phi) is 3.05. The third kappa shape index (κ3) is 2.46. The van der Waals surface area contributed by atoms with Gasteiger partial charge in [0.25, 0.3) is 0 Å². The second-order valence-corrected chi connectivity index (χ2v) is 3.17. The van der Waals surface area contributed by atoms with Crippen LogP contribution in [-0.4, -0.2) is 29.9 Å². The molecule has 0 aromatic rings. The molecule has 0 amide bonds. The van der Waals surface area contributed by atoms with Crippen molar-refractivity contribution >= 4 is 5.97 Å². The smallest absolute Gasteiger partial charge is 0.304 e. The Morgan fingerprint density at radius 3 is 2.75 bits per heavy atom. The number of carbonyl (C=O) groups is 1. The molecular weight excluding hydrogens is 158 g/mol. The quantitative estimate of drug-likeness (QED) is 0.582. The first-order valence-electron chi connectivity index (χ1n) is 4.20. The van der Waals surface area contributed by atoms with Gasteiger partial charge in [0, 0.05) is 25.9 Å². The van der Waals surface area contributed by atoms with Crippen LogP contribution in [0, 0.1) is 0 Å². The molecule has 0 aromatic heterocycles. The molecule has 1 aliphatic rings. The Morgan fingerprint density at radius 1 is 1.67 bits per heavy atom. The van der Waals surface area contributed by atoms with E-state index in [2.05, 4.69) is 0 Å². The van der Waals surface area contributed by atoms with E-state index in [9.17, 15) is 4.79 Å². The highest BCUT2D eigenvalue weighted by molar-refractivity contribution is 5.66. The fourth-order valence-electron chi connectivity index (χ4n) is 1.13. The molecule has 1 fully saturated rings. The summed E-state index contributed by atoms with van der Waals surface area (Å²) in [6.07, 6.45) is 0.391. The second-order valence-electron chi connectivity index (χ2n) is 3.17. The van der Waals surface area contributed by atoms with E-state index in [0.29, 0.717) is 6.04 Å². The molecule has 0 aliphatic carbocycles. The molecule has 1 atom stereocenters. The van der Waals surface area contributed by atoms with Gasteiger partial charge < -0.3 is 4.74 Å². The van der Waals surface area contributed by atoms with E-state index in [1.807, 2.05) is 18.9 Å². The molecule has 1 rings (SSSR count). The summed E-state index contributed by atoms with van der Waals surface area (Å²) in [7, 11) is 0. The third-order valence-corrected chi connectivity index (χ3v) is 1.71. The highest BCUT2D eigenvalue weighted by Crippen LogP contribution is 2.16. The van der Waals surface area contributed by atoms with Crippen molar-refractivity contribution in [1.29, 1.82) is 0 Å². The van der Waals surface area contributed by atoms with Crippen LogP contribution in [0.25, 0.3) is 0 Å². The lowest BCUT2D eigenvalue weighted by Crippen LogP contribution is -2.28. The van der Waals surface area contributed by atoms with Crippen LogP contribution in [0.5, 0.6) is 0 Å². The molecule has 0 aromatic carbocycles. The van der Waals surface area contributed by atoms with Crippen LogP contribution < -0.4 is 0 Å². The zero-order valence-corrected chi connectivity index (χ0v) is 7.74. The van der Waals surface area contributed by atoms with E-state index in [0.717, 1.165) is 13.0 Å². The van der Waals surface area contributed by atoms with Gasteiger partial charge in [-0.25, -0.2) is 0 Å². The number of esters is 1. The summed E-state index contributed by atoms with van der Waals surface area (Å²) in [5, 5.41) is 1.83. The summed E-state index contributed by atoms with van der Waals surface area (Å²) in [4.78, 5) is 15.9. The van der Waals surface area contributed by atoms with Crippen molar-refractivity contribution in [3.05, 3.63) is 0 Å². The second kappa shape index (κ2) is 3.87. The summed E-state index contributed by atoms with van der Waals surface area (Å²) in [5.74, 6) is -0.286. The maximum atomic E-state index is 10.6. The maximum Gasteiger partial charge on any atom is 0.304 e. The number of ether oxygens (including phenoxy) is 1. The lowest BCUT2D eigenvalue weighted by Gasteiger charge is -2.19. The number of hydrogen-bond acceptors (Lipinski definition) is 4. The number of hydroxylamine groups is 2. The van der Waals surface area contributed by atoms with Gasteiger partial charge in [-0.05, 0) is 13.8 Å². The highest BCUT2D eigenvalue weighted by atomic mass is 16.8. The standard InChI is InChI=1S/C8H15NO3/c1-6(2)9-5-4-8(12-9)11-7(3)10/h6,8H,4-5H2,1-3H3. The largest absolute Gasteiger partial charge is 0.434 e. The van der Waals surface area contributed by atoms with E-state index in [4.69, 9.17) is 9.57 Å². The van der Waals surface area contributed by atoms with Crippen LogP contribution >= 0.6 is 0 Å². The van der Waals surface area contributed by atoms with Crippen molar-refractivity contribution in [3.8, 4) is 0 Å². The predicted molar refractivity (Wildman–Crippen MR) is 43.1 cm³/mol. The van der Waals surface area contributed by atoms with Crippen molar-refractivity contribution in [2.24, 2.45) is 0 Å². The molecule has 0 spiro atoms. The minimum Gasteiger partial charge on any atom is -0.434 e. The van der Waals surface area contributed by atoms with Gasteiger partial charge in [0.1, 0.15) is 0 Å². The van der Waals surface area contributed by atoms with Gasteiger partial charge in [0.05, 0.1) is 0 Å². The molecule has 0 radical (unpaired) electrons. The molecule has 1 saturated heterocycles. The lowest BCUT2D eigenvalue weighted by atomic mass is 10.3. The molecule has 1 unspecified atom stereocenters. The van der Waals surface area contributed by atoms with E-state index < -0.39 is 0 Å². The Hall–Kier alpha value is -0.610. The fraction of sp³-hybridized carbons (Fsp3) is 0.875. The normalized spacial score (nSPS) is 24.8. The molecule has 0 N–H and O–H groups in total. The van der Waals surface area contributed by atoms with Crippen LogP contribution in [0.4, 0.5) is 0 Å². The third-order valence-electron chi connectivity index (χ3n) is 1.71.